The molecule has 1 saturated heterocycles. The lowest BCUT2D eigenvalue weighted by atomic mass is 9.81. The standard InChI is InChI=1S/C14H22F2N2O/c1-12(2)8-17-11(19)10(12)18-9-3-5-13(6-4-9)7-14(13,15)16/h9-10,18H,3-8H2,1-2H3,(H,17,19). The first-order chi connectivity index (χ1) is 8.76. The van der Waals surface area contributed by atoms with Crippen LogP contribution >= 0.6 is 0 Å². The fourth-order valence-electron chi connectivity index (χ4n) is 3.67. The summed E-state index contributed by atoms with van der Waals surface area (Å²) >= 11 is 0. The second-order valence-electron chi connectivity index (χ2n) is 7.24. The number of nitrogens with one attached hydrogen (secondary N) is 2. The average molecular weight is 272 g/mol. The van der Waals surface area contributed by atoms with Gasteiger partial charge in [0.15, 0.2) is 0 Å². The van der Waals surface area contributed by atoms with Crippen LogP contribution in [0.15, 0.2) is 0 Å². The molecule has 0 bridgehead atoms. The third-order valence-corrected chi connectivity index (χ3v) is 5.32. The maximum absolute atomic E-state index is 13.3. The molecule has 1 amide bonds. The summed E-state index contributed by atoms with van der Waals surface area (Å²) < 4.78 is 26.6. The van der Waals surface area contributed by atoms with Crippen molar-refractivity contribution in [2.75, 3.05) is 6.54 Å². The van der Waals surface area contributed by atoms with Gasteiger partial charge in [0, 0.05) is 29.8 Å². The van der Waals surface area contributed by atoms with Crippen molar-refractivity contribution in [3.63, 3.8) is 0 Å². The summed E-state index contributed by atoms with van der Waals surface area (Å²) in [5, 5.41) is 6.26. The van der Waals surface area contributed by atoms with Crippen molar-refractivity contribution >= 4 is 5.91 Å². The van der Waals surface area contributed by atoms with E-state index in [1.807, 2.05) is 0 Å². The molecule has 3 fully saturated rings. The SMILES string of the molecule is CC1(C)CNC(=O)C1NC1CCC2(CC1)CC2(F)F. The van der Waals surface area contributed by atoms with E-state index < -0.39 is 11.3 Å². The molecule has 2 saturated carbocycles. The van der Waals surface area contributed by atoms with E-state index in [1.165, 1.54) is 0 Å². The van der Waals surface area contributed by atoms with Crippen LogP contribution in [0.1, 0.15) is 46.0 Å². The lowest BCUT2D eigenvalue weighted by Gasteiger charge is -2.34. The summed E-state index contributed by atoms with van der Waals surface area (Å²) in [5.41, 5.74) is -0.797. The Bertz CT molecular complexity index is 400. The number of hydrogen-bond donors (Lipinski definition) is 2. The normalized spacial score (nSPS) is 43.3. The Labute approximate surface area is 112 Å². The highest BCUT2D eigenvalue weighted by Crippen LogP contribution is 2.67. The zero-order chi connectivity index (χ0) is 13.9. The Morgan fingerprint density at radius 1 is 1.26 bits per heavy atom. The molecular formula is C14H22F2N2O. The van der Waals surface area contributed by atoms with Gasteiger partial charge in [-0.2, -0.15) is 0 Å². The zero-order valence-electron chi connectivity index (χ0n) is 11.6. The quantitative estimate of drug-likeness (QED) is 0.808. The molecule has 1 atom stereocenters. The van der Waals surface area contributed by atoms with Crippen LogP contribution in [0.25, 0.3) is 0 Å². The van der Waals surface area contributed by atoms with Gasteiger partial charge < -0.3 is 10.6 Å². The Morgan fingerprint density at radius 2 is 1.84 bits per heavy atom. The summed E-state index contributed by atoms with van der Waals surface area (Å²) in [6.07, 6.45) is 2.77. The van der Waals surface area contributed by atoms with Gasteiger partial charge in [0.25, 0.3) is 5.92 Å². The Kier molecular flexibility index (Phi) is 2.73. The molecule has 3 rings (SSSR count). The molecule has 2 N–H and O–H groups in total. The largest absolute Gasteiger partial charge is 0.354 e. The van der Waals surface area contributed by atoms with E-state index in [1.54, 1.807) is 0 Å². The predicted octanol–water partition coefficient (Wildman–Crippen LogP) is 2.07. The molecule has 3 nitrogen and oxygen atoms in total. The number of rotatable bonds is 2. The van der Waals surface area contributed by atoms with Crippen LogP contribution in [0, 0.1) is 10.8 Å². The molecule has 0 aromatic rings. The minimum absolute atomic E-state index is 0.0436. The molecule has 19 heavy (non-hydrogen) atoms. The third-order valence-electron chi connectivity index (χ3n) is 5.32. The summed E-state index contributed by atoms with van der Waals surface area (Å²) in [5.74, 6) is -2.39. The van der Waals surface area contributed by atoms with E-state index in [2.05, 4.69) is 24.5 Å². The van der Waals surface area contributed by atoms with Gasteiger partial charge in [-0.25, -0.2) is 8.78 Å². The van der Waals surface area contributed by atoms with E-state index in [0.717, 1.165) is 12.8 Å². The van der Waals surface area contributed by atoms with Crippen LogP contribution in [0.4, 0.5) is 8.78 Å². The predicted molar refractivity (Wildman–Crippen MR) is 68.0 cm³/mol. The number of carbonyl (C=O) groups excluding carboxylic acids is 1. The van der Waals surface area contributed by atoms with Crippen LogP contribution in [0.2, 0.25) is 0 Å². The Hall–Kier alpha value is -0.710. The van der Waals surface area contributed by atoms with Crippen LogP contribution in [-0.4, -0.2) is 30.5 Å². The number of hydrogen-bond acceptors (Lipinski definition) is 2. The summed E-state index contributed by atoms with van der Waals surface area (Å²) in [6, 6.07) is 0.0152. The molecule has 3 aliphatic rings. The Morgan fingerprint density at radius 3 is 2.26 bits per heavy atom. The smallest absolute Gasteiger partial charge is 0.254 e. The summed E-state index contributed by atoms with van der Waals surface area (Å²) in [7, 11) is 0. The molecule has 108 valence electrons. The van der Waals surface area contributed by atoms with Crippen molar-refractivity contribution in [3.8, 4) is 0 Å². The van der Waals surface area contributed by atoms with Gasteiger partial charge in [-0.15, -0.1) is 0 Å². The molecule has 1 heterocycles. The first kappa shape index (κ1) is 13.3. The van der Waals surface area contributed by atoms with E-state index in [4.69, 9.17) is 0 Å². The van der Waals surface area contributed by atoms with Gasteiger partial charge in [0.2, 0.25) is 5.91 Å². The Balaban J connectivity index is 1.57. The molecule has 1 unspecified atom stereocenters. The third kappa shape index (κ3) is 2.06. The van der Waals surface area contributed by atoms with Gasteiger partial charge in [-0.3, -0.25) is 4.79 Å². The second kappa shape index (κ2) is 3.90. The topological polar surface area (TPSA) is 41.1 Å². The fraction of sp³-hybridized carbons (Fsp3) is 0.929. The minimum atomic E-state index is -2.43. The van der Waals surface area contributed by atoms with Gasteiger partial charge in [-0.05, 0) is 25.7 Å². The van der Waals surface area contributed by atoms with E-state index in [9.17, 15) is 13.6 Å². The van der Waals surface area contributed by atoms with Crippen molar-refractivity contribution in [2.24, 2.45) is 10.8 Å². The monoisotopic (exact) mass is 272 g/mol. The maximum atomic E-state index is 13.3. The van der Waals surface area contributed by atoms with Crippen molar-refractivity contribution in [1.29, 1.82) is 0 Å². The second-order valence-corrected chi connectivity index (χ2v) is 7.24. The highest BCUT2D eigenvalue weighted by atomic mass is 19.3. The van der Waals surface area contributed by atoms with Crippen molar-refractivity contribution < 1.29 is 13.6 Å². The molecule has 1 aliphatic heterocycles. The highest BCUT2D eigenvalue weighted by molar-refractivity contribution is 5.85. The van der Waals surface area contributed by atoms with E-state index in [-0.39, 0.29) is 29.8 Å². The van der Waals surface area contributed by atoms with Gasteiger partial charge in [-0.1, -0.05) is 13.8 Å². The van der Waals surface area contributed by atoms with Crippen molar-refractivity contribution in [3.05, 3.63) is 0 Å². The van der Waals surface area contributed by atoms with E-state index in [0.29, 0.717) is 19.4 Å². The van der Waals surface area contributed by atoms with E-state index >= 15 is 0 Å². The molecule has 1 spiro atoms. The number of halogens is 2. The molecule has 2 aliphatic carbocycles. The molecule has 0 aromatic heterocycles. The first-order valence-electron chi connectivity index (χ1n) is 7.17. The zero-order valence-corrected chi connectivity index (χ0v) is 11.6. The molecular weight excluding hydrogens is 250 g/mol. The summed E-state index contributed by atoms with van der Waals surface area (Å²) in [4.78, 5) is 11.8. The van der Waals surface area contributed by atoms with Gasteiger partial charge in [0.05, 0.1) is 6.04 Å². The van der Waals surface area contributed by atoms with Crippen LogP contribution in [-0.2, 0) is 4.79 Å². The van der Waals surface area contributed by atoms with Crippen LogP contribution in [0.3, 0.4) is 0 Å². The molecule has 5 heteroatoms. The lowest BCUT2D eigenvalue weighted by molar-refractivity contribution is -0.122. The highest BCUT2D eigenvalue weighted by Gasteiger charge is 2.70. The maximum Gasteiger partial charge on any atom is 0.254 e. The fourth-order valence-corrected chi connectivity index (χ4v) is 3.67. The average Bonchev–Trinajstić information content (AvgIpc) is 2.75. The molecule has 0 aromatic carbocycles. The number of alkyl halides is 2. The van der Waals surface area contributed by atoms with Crippen LogP contribution < -0.4 is 10.6 Å². The lowest BCUT2D eigenvalue weighted by Crippen LogP contribution is -2.50. The minimum Gasteiger partial charge on any atom is -0.354 e. The van der Waals surface area contributed by atoms with Crippen molar-refractivity contribution in [1.82, 2.24) is 10.6 Å². The van der Waals surface area contributed by atoms with Gasteiger partial charge in [0.1, 0.15) is 0 Å². The number of carbonyl (C=O) groups is 1. The van der Waals surface area contributed by atoms with Crippen LogP contribution in [0.5, 0.6) is 0 Å². The van der Waals surface area contributed by atoms with Crippen molar-refractivity contribution in [2.45, 2.75) is 64.0 Å². The first-order valence-corrected chi connectivity index (χ1v) is 7.17. The number of amides is 1. The summed E-state index contributed by atoms with van der Waals surface area (Å²) in [6.45, 7) is 4.79. The van der Waals surface area contributed by atoms with Gasteiger partial charge >= 0.3 is 0 Å². The molecule has 0 radical (unpaired) electrons.